The van der Waals surface area contributed by atoms with Gasteiger partial charge < -0.3 is 31.9 Å². The van der Waals surface area contributed by atoms with Gasteiger partial charge in [0, 0.05) is 45.3 Å². The van der Waals surface area contributed by atoms with Crippen LogP contribution in [0, 0.1) is 28.6 Å². The van der Waals surface area contributed by atoms with Gasteiger partial charge in [0.2, 0.25) is 17.6 Å². The lowest BCUT2D eigenvalue weighted by atomic mass is 9.61. The Morgan fingerprint density at radius 2 is 1.56 bits per heavy atom. The second kappa shape index (κ2) is 14.8. The summed E-state index contributed by atoms with van der Waals surface area (Å²) in [7, 11) is 0. The van der Waals surface area contributed by atoms with Gasteiger partial charge in [-0.25, -0.2) is 4.79 Å². The van der Waals surface area contributed by atoms with Crippen molar-refractivity contribution in [3.8, 4) is 0 Å². The molecule has 0 radical (unpaired) electrons. The highest BCUT2D eigenvalue weighted by molar-refractivity contribution is 6.37. The van der Waals surface area contributed by atoms with Gasteiger partial charge in [-0.3, -0.25) is 24.1 Å². The molecule has 2 saturated carbocycles. The molecule has 0 spiro atoms. The quantitative estimate of drug-likeness (QED) is 0.192. The van der Waals surface area contributed by atoms with Crippen molar-refractivity contribution >= 4 is 29.5 Å². The summed E-state index contributed by atoms with van der Waals surface area (Å²) in [5.74, 6) is -1.79. The van der Waals surface area contributed by atoms with Gasteiger partial charge in [0.25, 0.3) is 5.91 Å². The normalized spacial score (nSPS) is 24.6. The molecule has 45 heavy (non-hydrogen) atoms. The highest BCUT2D eigenvalue weighted by atomic mass is 16.2. The van der Waals surface area contributed by atoms with E-state index in [0.717, 1.165) is 58.3 Å². The second-order valence-electron chi connectivity index (χ2n) is 15.6. The summed E-state index contributed by atoms with van der Waals surface area (Å²) < 4.78 is 0. The Balaban J connectivity index is 1.42. The molecule has 0 aromatic carbocycles. The van der Waals surface area contributed by atoms with E-state index in [2.05, 4.69) is 60.8 Å². The summed E-state index contributed by atoms with van der Waals surface area (Å²) in [5, 5.41) is 12.0. The van der Waals surface area contributed by atoms with Crippen molar-refractivity contribution in [1.29, 1.82) is 0 Å². The molecule has 2 saturated heterocycles. The Bertz CT molecular complexity index is 1090. The standard InChI is InChI=1S/C33H57N7O5/c1-32(2,3)26(20-39-14-12-35-13-15-39)38-31(45)36-18-27(41)40-19-23(33(4,5)22-10-7-11-22)17-25(40)30(44)37-24(28(42)29(34)43)16-21-8-6-9-21/h21-26,35H,6-20H2,1-5H3,(H2,34,43)(H,37,44)(H2,36,38,45)/t23?,24?,25-,26+/m0/s1. The fourth-order valence-corrected chi connectivity index (χ4v) is 7.27. The number of carbonyl (C=O) groups is 5. The number of hydrogen-bond acceptors (Lipinski definition) is 7. The zero-order chi connectivity index (χ0) is 32.9. The fraction of sp³-hybridized carbons (Fsp3) is 0.848. The number of rotatable bonds is 13. The predicted octanol–water partition coefficient (Wildman–Crippen LogP) is 1.38. The van der Waals surface area contributed by atoms with E-state index < -0.39 is 35.7 Å². The summed E-state index contributed by atoms with van der Waals surface area (Å²) in [6.07, 6.45) is 7.25. The minimum Gasteiger partial charge on any atom is -0.363 e. The maximum absolute atomic E-state index is 13.8. The molecule has 0 aromatic heterocycles. The molecule has 4 rings (SSSR count). The van der Waals surface area contributed by atoms with Crippen molar-refractivity contribution in [3.63, 3.8) is 0 Å². The van der Waals surface area contributed by atoms with Crippen LogP contribution < -0.4 is 27.0 Å². The van der Waals surface area contributed by atoms with Gasteiger partial charge in [-0.2, -0.15) is 0 Å². The Kier molecular flexibility index (Phi) is 11.5. The van der Waals surface area contributed by atoms with E-state index in [1.807, 2.05) is 0 Å². The topological polar surface area (TPSA) is 166 Å². The Morgan fingerprint density at radius 1 is 0.911 bits per heavy atom. The van der Waals surface area contributed by atoms with Crippen molar-refractivity contribution in [3.05, 3.63) is 0 Å². The average Bonchev–Trinajstić information content (AvgIpc) is 3.38. The number of nitrogens with zero attached hydrogens (tertiary/aromatic N) is 2. The van der Waals surface area contributed by atoms with E-state index >= 15 is 0 Å². The summed E-state index contributed by atoms with van der Waals surface area (Å²) in [6, 6.07) is -2.34. The number of nitrogens with one attached hydrogen (secondary N) is 4. The molecule has 2 aliphatic carbocycles. The van der Waals surface area contributed by atoms with Gasteiger partial charge in [0.15, 0.2) is 0 Å². The summed E-state index contributed by atoms with van der Waals surface area (Å²) >= 11 is 0. The molecular formula is C33H57N7O5. The lowest BCUT2D eigenvalue weighted by Gasteiger charge is -2.44. The van der Waals surface area contributed by atoms with Crippen LogP contribution in [-0.4, -0.2) is 103 Å². The Morgan fingerprint density at radius 3 is 2.09 bits per heavy atom. The highest BCUT2D eigenvalue weighted by Crippen LogP contribution is 2.50. The third-order valence-electron chi connectivity index (χ3n) is 11.2. The lowest BCUT2D eigenvalue weighted by Crippen LogP contribution is -2.57. The number of ketones is 1. The van der Waals surface area contributed by atoms with Gasteiger partial charge in [-0.1, -0.05) is 60.3 Å². The van der Waals surface area contributed by atoms with Crippen LogP contribution in [0.25, 0.3) is 0 Å². The van der Waals surface area contributed by atoms with Crippen LogP contribution in [0.1, 0.15) is 86.0 Å². The minimum absolute atomic E-state index is 0.0745. The van der Waals surface area contributed by atoms with Crippen LogP contribution in [0.15, 0.2) is 0 Å². The molecule has 4 fully saturated rings. The van der Waals surface area contributed by atoms with Crippen molar-refractivity contribution in [2.45, 2.75) is 104 Å². The smallest absolute Gasteiger partial charge is 0.315 e. The van der Waals surface area contributed by atoms with Crippen LogP contribution in [0.2, 0.25) is 0 Å². The van der Waals surface area contributed by atoms with Gasteiger partial charge in [-0.05, 0) is 54.3 Å². The van der Waals surface area contributed by atoms with Crippen LogP contribution in [0.4, 0.5) is 4.79 Å². The first-order valence-corrected chi connectivity index (χ1v) is 17.1. The first-order valence-electron chi connectivity index (χ1n) is 17.1. The molecule has 254 valence electrons. The first kappa shape index (κ1) is 35.1. The molecule has 12 heteroatoms. The third kappa shape index (κ3) is 8.96. The zero-order valence-corrected chi connectivity index (χ0v) is 28.1. The number of piperazine rings is 1. The maximum atomic E-state index is 13.8. The van der Waals surface area contributed by atoms with Crippen LogP contribution in [0.3, 0.4) is 0 Å². The fourth-order valence-electron chi connectivity index (χ4n) is 7.27. The van der Waals surface area contributed by atoms with E-state index in [0.29, 0.717) is 31.8 Å². The molecule has 0 bridgehead atoms. The van der Waals surface area contributed by atoms with E-state index in [-0.39, 0.29) is 41.2 Å². The molecule has 5 amide bonds. The molecule has 0 aromatic rings. The second-order valence-corrected chi connectivity index (χ2v) is 15.6. The Labute approximate surface area is 268 Å². The van der Waals surface area contributed by atoms with Crippen molar-refractivity contribution in [2.24, 2.45) is 34.3 Å². The average molecular weight is 632 g/mol. The van der Waals surface area contributed by atoms with E-state index in [1.165, 1.54) is 6.42 Å². The highest BCUT2D eigenvalue weighted by Gasteiger charge is 2.49. The zero-order valence-electron chi connectivity index (χ0n) is 28.1. The van der Waals surface area contributed by atoms with Gasteiger partial charge >= 0.3 is 6.03 Å². The SMILES string of the molecule is CC(C)(C1CCC1)C1C[C@@H](C(=O)NC(CC2CCC2)C(=O)C(N)=O)N(C(=O)CNC(=O)N[C@H](CN2CCNCC2)C(C)(C)C)C1. The van der Waals surface area contributed by atoms with E-state index in [1.54, 1.807) is 4.90 Å². The summed E-state index contributed by atoms with van der Waals surface area (Å²) in [4.78, 5) is 68.9. The summed E-state index contributed by atoms with van der Waals surface area (Å²) in [5.41, 5.74) is 5.07. The molecule has 2 unspecified atom stereocenters. The van der Waals surface area contributed by atoms with Gasteiger partial charge in [0.05, 0.1) is 12.6 Å². The number of Topliss-reactive ketones (excluding diaryl/α,β-unsaturated/α-hetero) is 1. The predicted molar refractivity (Wildman–Crippen MR) is 172 cm³/mol. The summed E-state index contributed by atoms with van der Waals surface area (Å²) in [6.45, 7) is 15.2. The van der Waals surface area contributed by atoms with Crippen LogP contribution in [-0.2, 0) is 19.2 Å². The molecule has 2 aliphatic heterocycles. The molecule has 4 aliphatic rings. The number of urea groups is 1. The lowest BCUT2D eigenvalue weighted by molar-refractivity contribution is -0.141. The van der Waals surface area contributed by atoms with Gasteiger partial charge in [-0.15, -0.1) is 0 Å². The van der Waals surface area contributed by atoms with Crippen molar-refractivity contribution < 1.29 is 24.0 Å². The number of nitrogens with two attached hydrogens (primary N) is 1. The van der Waals surface area contributed by atoms with E-state index in [9.17, 15) is 24.0 Å². The van der Waals surface area contributed by atoms with Gasteiger partial charge in [0.1, 0.15) is 6.04 Å². The van der Waals surface area contributed by atoms with E-state index in [4.69, 9.17) is 5.73 Å². The van der Waals surface area contributed by atoms with Crippen molar-refractivity contribution in [1.82, 2.24) is 31.1 Å². The number of primary amides is 1. The minimum atomic E-state index is -1.07. The Hall–Kier alpha value is -2.73. The van der Waals surface area contributed by atoms with Crippen LogP contribution in [0.5, 0.6) is 0 Å². The maximum Gasteiger partial charge on any atom is 0.315 e. The molecule has 12 nitrogen and oxygen atoms in total. The number of amides is 5. The van der Waals surface area contributed by atoms with Crippen molar-refractivity contribution in [2.75, 3.05) is 45.8 Å². The third-order valence-corrected chi connectivity index (χ3v) is 11.2. The number of hydrogen-bond donors (Lipinski definition) is 5. The molecule has 2 heterocycles. The molecule has 4 atom stereocenters. The molecule has 6 N–H and O–H groups in total. The molecular weight excluding hydrogens is 574 g/mol. The number of carbonyl (C=O) groups excluding carboxylic acids is 5. The number of likely N-dealkylation sites (tertiary alicyclic amines) is 1. The van der Waals surface area contributed by atoms with Crippen LogP contribution >= 0.6 is 0 Å². The first-order chi connectivity index (χ1) is 21.2. The largest absolute Gasteiger partial charge is 0.363 e. The monoisotopic (exact) mass is 631 g/mol.